The zero-order chi connectivity index (χ0) is 18.3. The Labute approximate surface area is 151 Å². The first kappa shape index (κ1) is 16.8. The summed E-state index contributed by atoms with van der Waals surface area (Å²) in [5, 5.41) is 4.44. The number of hydrogen-bond donors (Lipinski definition) is 0. The minimum Gasteiger partial charge on any atom is -0.493 e. The van der Waals surface area contributed by atoms with E-state index >= 15 is 0 Å². The molecule has 3 aromatic heterocycles. The van der Waals surface area contributed by atoms with E-state index < -0.39 is 0 Å². The Hall–Kier alpha value is -2.67. The van der Waals surface area contributed by atoms with E-state index in [0.29, 0.717) is 12.5 Å². The summed E-state index contributed by atoms with van der Waals surface area (Å²) >= 11 is 0. The molecule has 3 aromatic rings. The molecule has 26 heavy (non-hydrogen) atoms. The minimum absolute atomic E-state index is 0.148. The largest absolute Gasteiger partial charge is 0.493 e. The van der Waals surface area contributed by atoms with Crippen molar-refractivity contribution in [3.05, 3.63) is 36.4 Å². The first-order valence-corrected chi connectivity index (χ1v) is 8.57. The smallest absolute Gasteiger partial charge is 0.213 e. The molecule has 1 aliphatic rings. The maximum Gasteiger partial charge on any atom is 0.213 e. The molecule has 1 atom stereocenters. The van der Waals surface area contributed by atoms with E-state index in [9.17, 15) is 0 Å². The molecule has 1 fully saturated rings. The van der Waals surface area contributed by atoms with Gasteiger partial charge >= 0.3 is 0 Å². The van der Waals surface area contributed by atoms with Crippen LogP contribution in [0.15, 0.2) is 30.7 Å². The van der Waals surface area contributed by atoms with Gasteiger partial charge in [-0.3, -0.25) is 0 Å². The first-order chi connectivity index (χ1) is 12.5. The average Bonchev–Trinajstić information content (AvgIpc) is 3.22. The van der Waals surface area contributed by atoms with Crippen LogP contribution in [0.5, 0.6) is 11.6 Å². The fourth-order valence-electron chi connectivity index (χ4n) is 3.46. The van der Waals surface area contributed by atoms with Gasteiger partial charge in [-0.1, -0.05) is 0 Å². The molecule has 1 aliphatic heterocycles. The zero-order valence-electron chi connectivity index (χ0n) is 15.4. The van der Waals surface area contributed by atoms with Gasteiger partial charge in [0.05, 0.1) is 44.5 Å². The molecule has 4 heterocycles. The van der Waals surface area contributed by atoms with E-state index in [2.05, 4.69) is 23.9 Å². The predicted octanol–water partition coefficient (Wildman–Crippen LogP) is 3.09. The van der Waals surface area contributed by atoms with Crippen molar-refractivity contribution in [1.29, 1.82) is 0 Å². The Morgan fingerprint density at radius 3 is 2.81 bits per heavy atom. The van der Waals surface area contributed by atoms with Crippen molar-refractivity contribution in [2.24, 2.45) is 0 Å². The lowest BCUT2D eigenvalue weighted by Crippen LogP contribution is -2.16. The van der Waals surface area contributed by atoms with Gasteiger partial charge in [0, 0.05) is 23.7 Å². The molecule has 0 aromatic carbocycles. The number of nitrogens with zero attached hydrogens (tertiary/aromatic N) is 4. The molecule has 4 rings (SSSR count). The molecule has 7 heteroatoms. The molecule has 7 nitrogen and oxygen atoms in total. The van der Waals surface area contributed by atoms with Crippen LogP contribution in [0.1, 0.15) is 31.9 Å². The lowest BCUT2D eigenvalue weighted by atomic mass is 9.94. The molecule has 0 saturated carbocycles. The predicted molar refractivity (Wildman–Crippen MR) is 96.7 cm³/mol. The van der Waals surface area contributed by atoms with Crippen LogP contribution in [-0.4, -0.2) is 46.0 Å². The number of aromatic nitrogens is 4. The van der Waals surface area contributed by atoms with Gasteiger partial charge in [0.2, 0.25) is 5.88 Å². The highest BCUT2D eigenvalue weighted by molar-refractivity contribution is 5.77. The van der Waals surface area contributed by atoms with Crippen LogP contribution < -0.4 is 9.47 Å². The van der Waals surface area contributed by atoms with Gasteiger partial charge < -0.3 is 14.2 Å². The molecule has 0 unspecified atom stereocenters. The molecule has 0 bridgehead atoms. The second-order valence-corrected chi connectivity index (χ2v) is 7.08. The fourth-order valence-corrected chi connectivity index (χ4v) is 3.46. The second kappa shape index (κ2) is 6.25. The Kier molecular flexibility index (Phi) is 4.03. The van der Waals surface area contributed by atoms with Crippen LogP contribution in [0, 0.1) is 0 Å². The van der Waals surface area contributed by atoms with Gasteiger partial charge in [0.15, 0.2) is 11.4 Å². The molecule has 0 amide bonds. The fraction of sp³-hybridized carbons (Fsp3) is 0.421. The van der Waals surface area contributed by atoms with Crippen LogP contribution in [0.2, 0.25) is 0 Å². The van der Waals surface area contributed by atoms with Gasteiger partial charge in [-0.05, 0) is 31.9 Å². The number of pyridine rings is 1. The standard InChI is InChI=1S/C19H22N4O3/c1-19(2)8-13(11-26-19)17-15(24-3)10-23-18(22-17)14(9-21-23)12-5-6-20-16(7-12)25-4/h5-7,9-10,13H,8,11H2,1-4H3/t13-/m1/s1. The summed E-state index contributed by atoms with van der Waals surface area (Å²) in [6.45, 7) is 4.84. The lowest BCUT2D eigenvalue weighted by molar-refractivity contribution is 0.0360. The Morgan fingerprint density at radius 2 is 2.12 bits per heavy atom. The molecule has 136 valence electrons. The highest BCUT2D eigenvalue weighted by Gasteiger charge is 2.35. The number of methoxy groups -OCH3 is 2. The molecule has 1 saturated heterocycles. The second-order valence-electron chi connectivity index (χ2n) is 7.08. The first-order valence-electron chi connectivity index (χ1n) is 8.57. The van der Waals surface area contributed by atoms with Crippen molar-refractivity contribution in [2.75, 3.05) is 20.8 Å². The molecule has 0 radical (unpaired) electrons. The van der Waals surface area contributed by atoms with Crippen molar-refractivity contribution in [3.8, 4) is 22.8 Å². The van der Waals surface area contributed by atoms with Crippen molar-refractivity contribution in [2.45, 2.75) is 31.8 Å². The summed E-state index contributed by atoms with van der Waals surface area (Å²) in [5.74, 6) is 1.48. The summed E-state index contributed by atoms with van der Waals surface area (Å²) in [7, 11) is 3.26. The van der Waals surface area contributed by atoms with Crippen molar-refractivity contribution in [1.82, 2.24) is 19.6 Å². The summed E-state index contributed by atoms with van der Waals surface area (Å²) in [5.41, 5.74) is 3.42. The number of hydrogen-bond acceptors (Lipinski definition) is 6. The van der Waals surface area contributed by atoms with E-state index in [1.807, 2.05) is 18.3 Å². The van der Waals surface area contributed by atoms with Gasteiger partial charge in [0.25, 0.3) is 0 Å². The molecule has 0 N–H and O–H groups in total. The average molecular weight is 354 g/mol. The molecular weight excluding hydrogens is 332 g/mol. The van der Waals surface area contributed by atoms with E-state index in [4.69, 9.17) is 19.2 Å². The van der Waals surface area contributed by atoms with Gasteiger partial charge in [-0.15, -0.1) is 0 Å². The van der Waals surface area contributed by atoms with E-state index in [1.54, 1.807) is 31.1 Å². The van der Waals surface area contributed by atoms with Gasteiger partial charge in [0.1, 0.15) is 0 Å². The SMILES string of the molecule is COc1cc(-c2cnn3cc(OC)c([C@H]4COC(C)(C)C4)nc23)ccn1. The third-order valence-electron chi connectivity index (χ3n) is 4.76. The monoisotopic (exact) mass is 354 g/mol. The topological polar surface area (TPSA) is 70.8 Å². The summed E-state index contributed by atoms with van der Waals surface area (Å²) < 4.78 is 18.5. The number of ether oxygens (including phenoxy) is 3. The summed E-state index contributed by atoms with van der Waals surface area (Å²) in [6, 6.07) is 3.80. The van der Waals surface area contributed by atoms with Crippen LogP contribution in [0.4, 0.5) is 0 Å². The maximum absolute atomic E-state index is 5.90. The van der Waals surface area contributed by atoms with Crippen molar-refractivity contribution in [3.63, 3.8) is 0 Å². The Bertz CT molecular complexity index is 951. The number of rotatable bonds is 4. The van der Waals surface area contributed by atoms with Crippen LogP contribution >= 0.6 is 0 Å². The minimum atomic E-state index is -0.148. The molecule has 0 spiro atoms. The highest BCUT2D eigenvalue weighted by atomic mass is 16.5. The van der Waals surface area contributed by atoms with Crippen LogP contribution in [0.25, 0.3) is 16.8 Å². The quantitative estimate of drug-likeness (QED) is 0.717. The van der Waals surface area contributed by atoms with Crippen LogP contribution in [-0.2, 0) is 4.74 Å². The Balaban J connectivity index is 1.83. The highest BCUT2D eigenvalue weighted by Crippen LogP contribution is 2.39. The van der Waals surface area contributed by atoms with Gasteiger partial charge in [-0.25, -0.2) is 14.5 Å². The maximum atomic E-state index is 5.90. The lowest BCUT2D eigenvalue weighted by Gasteiger charge is -2.16. The third kappa shape index (κ3) is 2.88. The Morgan fingerprint density at radius 1 is 1.27 bits per heavy atom. The van der Waals surface area contributed by atoms with E-state index in [1.165, 1.54) is 0 Å². The van der Waals surface area contributed by atoms with Crippen molar-refractivity contribution >= 4 is 5.65 Å². The number of fused-ring (bicyclic) bond motifs is 1. The molecular formula is C19H22N4O3. The van der Waals surface area contributed by atoms with Gasteiger partial charge in [-0.2, -0.15) is 5.10 Å². The van der Waals surface area contributed by atoms with E-state index in [0.717, 1.165) is 34.6 Å². The van der Waals surface area contributed by atoms with Crippen LogP contribution in [0.3, 0.4) is 0 Å². The van der Waals surface area contributed by atoms with E-state index in [-0.39, 0.29) is 11.5 Å². The zero-order valence-corrected chi connectivity index (χ0v) is 15.4. The van der Waals surface area contributed by atoms with Crippen molar-refractivity contribution < 1.29 is 14.2 Å². The molecule has 0 aliphatic carbocycles. The third-order valence-corrected chi connectivity index (χ3v) is 4.76. The summed E-state index contributed by atoms with van der Waals surface area (Å²) in [6.07, 6.45) is 6.30. The summed E-state index contributed by atoms with van der Waals surface area (Å²) in [4.78, 5) is 9.09. The normalized spacial score (nSPS) is 19.0.